The van der Waals surface area contributed by atoms with Crippen LogP contribution in [0.3, 0.4) is 0 Å². The average molecular weight is 386 g/mol. The first-order valence-corrected chi connectivity index (χ1v) is 8.67. The number of hydrogen-bond donors (Lipinski definition) is 0. The summed E-state index contributed by atoms with van der Waals surface area (Å²) in [6.07, 6.45) is 0. The number of nitrogens with zero attached hydrogens (tertiary/aromatic N) is 4. The molecule has 0 aliphatic carbocycles. The van der Waals surface area contributed by atoms with Crippen molar-refractivity contribution in [2.45, 2.75) is 0 Å². The Hall–Kier alpha value is -2.94. The maximum absolute atomic E-state index is 9.29. The highest BCUT2D eigenvalue weighted by molar-refractivity contribution is 7.94. The molecule has 132 valence electrons. The van der Waals surface area contributed by atoms with Gasteiger partial charge < -0.3 is 9.11 Å². The van der Waals surface area contributed by atoms with Gasteiger partial charge in [-0.1, -0.05) is 36.4 Å². The van der Waals surface area contributed by atoms with Crippen molar-refractivity contribution in [3.05, 3.63) is 70.6 Å². The number of diazo groups is 2. The predicted molar refractivity (Wildman–Crippen MR) is 82.9 cm³/mol. The van der Waals surface area contributed by atoms with Crippen molar-refractivity contribution >= 4 is 32.2 Å². The van der Waals surface area contributed by atoms with Crippen LogP contribution >= 0.6 is 0 Å². The van der Waals surface area contributed by atoms with E-state index in [1.807, 2.05) is 36.4 Å². The Morgan fingerprint density at radius 2 is 0.960 bits per heavy atom. The molecule has 0 fully saturated rings. The third-order valence-electron chi connectivity index (χ3n) is 1.91. The Morgan fingerprint density at radius 1 is 0.680 bits per heavy atom. The van der Waals surface area contributed by atoms with Gasteiger partial charge in [0.05, 0.1) is 0 Å². The Balaban J connectivity index is 0.000000346. The number of rotatable bonds is 2. The molecule has 2 rings (SSSR count). The van der Waals surface area contributed by atoms with E-state index in [9.17, 15) is 25.9 Å². The van der Waals surface area contributed by atoms with Crippen LogP contribution in [0.5, 0.6) is 0 Å². The molecule has 0 atom stereocenters. The van der Waals surface area contributed by atoms with Crippen molar-refractivity contribution < 1.29 is 29.6 Å². The molecule has 0 amide bonds. The highest BCUT2D eigenvalue weighted by Crippen LogP contribution is 2.08. The normalized spacial score (nSPS) is 9.92. The second kappa shape index (κ2) is 10.8. The number of benzene rings is 2. The average Bonchev–Trinajstić information content (AvgIpc) is 2.54. The van der Waals surface area contributed by atoms with E-state index in [1.54, 1.807) is 24.3 Å². The van der Waals surface area contributed by atoms with Gasteiger partial charge in [0.15, 0.2) is 9.95 Å². The van der Waals surface area contributed by atoms with Crippen molar-refractivity contribution in [1.82, 2.24) is 0 Å². The molecule has 2 aromatic carbocycles. The quantitative estimate of drug-likeness (QED) is 0.424. The largest absolute Gasteiger partial charge is 0.725 e. The fourth-order valence-corrected chi connectivity index (χ4v) is 1.91. The van der Waals surface area contributed by atoms with Crippen LogP contribution in [-0.4, -0.2) is 25.9 Å². The summed E-state index contributed by atoms with van der Waals surface area (Å²) < 4.78 is 58.2. The van der Waals surface area contributed by atoms with Gasteiger partial charge in [-0.25, -0.2) is 16.8 Å². The molecule has 0 heterocycles. The van der Waals surface area contributed by atoms with Gasteiger partial charge >= 0.3 is 11.4 Å². The molecule has 0 aromatic heterocycles. The summed E-state index contributed by atoms with van der Waals surface area (Å²) in [5, 5.41) is 16.3. The standard InChI is InChI=1S/2C6H5N2.H2O7S2/c2*7-8-6-4-2-1-3-5-6;1-8(2,3)7-9(4,5)6/h2*1-5H;(H,1,2,3)(H,4,5,6)/q2*+1;/p-2. The van der Waals surface area contributed by atoms with Crippen molar-refractivity contribution in [2.75, 3.05) is 0 Å². The summed E-state index contributed by atoms with van der Waals surface area (Å²) in [5.41, 5.74) is 1.18. The minimum Gasteiger partial charge on any atom is -0.725 e. The fourth-order valence-electron chi connectivity index (χ4n) is 1.09. The molecule has 0 N–H and O–H groups in total. The molecule has 13 heteroatoms. The molecule has 0 saturated carbocycles. The SMILES string of the molecule is N#[N+]c1ccccc1.N#[N+]c1ccccc1.O=S(=O)([O-])OS(=O)(=O)[O-]. The lowest BCUT2D eigenvalue weighted by molar-refractivity contribution is 0.329. The van der Waals surface area contributed by atoms with E-state index in [2.05, 4.69) is 13.6 Å². The maximum atomic E-state index is 9.29. The van der Waals surface area contributed by atoms with Crippen molar-refractivity contribution in [3.63, 3.8) is 0 Å². The summed E-state index contributed by atoms with van der Waals surface area (Å²) in [4.78, 5) is 5.94. The molecule has 25 heavy (non-hydrogen) atoms. The zero-order chi connectivity index (χ0) is 19.3. The maximum Gasteiger partial charge on any atom is 0.385 e. The number of hydrogen-bond acceptors (Lipinski definition) is 9. The summed E-state index contributed by atoms with van der Waals surface area (Å²) in [5.74, 6) is 0. The fraction of sp³-hybridized carbons (Fsp3) is 0. The van der Waals surface area contributed by atoms with Crippen LogP contribution in [0.15, 0.2) is 60.7 Å². The topological polar surface area (TPSA) is 180 Å². The Kier molecular flexibility index (Phi) is 9.50. The molecule has 0 unspecified atom stereocenters. The van der Waals surface area contributed by atoms with Crippen LogP contribution in [-0.2, 0) is 24.4 Å². The van der Waals surface area contributed by atoms with Crippen LogP contribution < -0.4 is 0 Å². The van der Waals surface area contributed by atoms with Crippen LogP contribution in [0.25, 0.3) is 9.95 Å². The molecular formula is C12H10N4O7S2. The molecule has 0 aliphatic rings. The molecule has 0 radical (unpaired) electrons. The summed E-state index contributed by atoms with van der Waals surface area (Å²) in [6, 6.07) is 17.9. The minimum atomic E-state index is -5.43. The predicted octanol–water partition coefficient (Wildman–Crippen LogP) is 2.27. The summed E-state index contributed by atoms with van der Waals surface area (Å²) in [6.45, 7) is 0. The van der Waals surface area contributed by atoms with E-state index >= 15 is 0 Å². The van der Waals surface area contributed by atoms with Gasteiger partial charge in [-0.15, -0.1) is 0 Å². The zero-order valence-electron chi connectivity index (χ0n) is 12.2. The van der Waals surface area contributed by atoms with Crippen molar-refractivity contribution in [1.29, 1.82) is 10.8 Å². The lowest BCUT2D eigenvalue weighted by atomic mass is 10.3. The Morgan fingerprint density at radius 3 is 1.08 bits per heavy atom. The molecule has 11 nitrogen and oxygen atoms in total. The second-order valence-corrected chi connectivity index (χ2v) is 5.93. The van der Waals surface area contributed by atoms with E-state index in [-0.39, 0.29) is 0 Å². The summed E-state index contributed by atoms with van der Waals surface area (Å²) >= 11 is 0. The Bertz CT molecular complexity index is 855. The first kappa shape index (κ1) is 22.1. The van der Waals surface area contributed by atoms with Crippen LogP contribution in [0, 0.1) is 10.8 Å². The lowest BCUT2D eigenvalue weighted by Crippen LogP contribution is -2.11. The van der Waals surface area contributed by atoms with Gasteiger partial charge in [-0.05, 0) is 0 Å². The zero-order valence-corrected chi connectivity index (χ0v) is 13.9. The lowest BCUT2D eigenvalue weighted by Gasteiger charge is -2.08. The van der Waals surface area contributed by atoms with E-state index < -0.39 is 20.8 Å². The van der Waals surface area contributed by atoms with Gasteiger partial charge in [0.2, 0.25) is 31.6 Å². The summed E-state index contributed by atoms with van der Waals surface area (Å²) in [7, 11) is -10.9. The third-order valence-corrected chi connectivity index (χ3v) is 3.24. The van der Waals surface area contributed by atoms with Gasteiger partial charge in [0, 0.05) is 24.3 Å². The highest BCUT2D eigenvalue weighted by atomic mass is 32.3. The van der Waals surface area contributed by atoms with Gasteiger partial charge in [0.1, 0.15) is 0 Å². The van der Waals surface area contributed by atoms with Crippen LogP contribution in [0.2, 0.25) is 0 Å². The van der Waals surface area contributed by atoms with E-state index in [0.29, 0.717) is 11.4 Å². The van der Waals surface area contributed by atoms with Crippen LogP contribution in [0.4, 0.5) is 11.4 Å². The van der Waals surface area contributed by atoms with E-state index in [0.717, 1.165) is 0 Å². The molecule has 0 bridgehead atoms. The third kappa shape index (κ3) is 14.4. The van der Waals surface area contributed by atoms with Gasteiger partial charge in [-0.3, -0.25) is 0 Å². The second-order valence-electron chi connectivity index (χ2n) is 3.76. The first-order chi connectivity index (χ1) is 11.6. The van der Waals surface area contributed by atoms with Gasteiger partial charge in [-0.2, -0.15) is 3.63 Å². The van der Waals surface area contributed by atoms with Crippen molar-refractivity contribution in [2.24, 2.45) is 0 Å². The monoisotopic (exact) mass is 386 g/mol. The highest BCUT2D eigenvalue weighted by Gasteiger charge is 1.99. The molecule has 0 aliphatic heterocycles. The molecule has 0 saturated heterocycles. The van der Waals surface area contributed by atoms with Crippen LogP contribution in [0.1, 0.15) is 0 Å². The van der Waals surface area contributed by atoms with Gasteiger partial charge in [0.25, 0.3) is 0 Å². The smallest absolute Gasteiger partial charge is 0.385 e. The Labute approximate surface area is 143 Å². The molecule has 2 aromatic rings. The minimum absolute atomic E-state index is 0.590. The van der Waals surface area contributed by atoms with Crippen molar-refractivity contribution in [3.8, 4) is 0 Å². The molecule has 0 spiro atoms. The van der Waals surface area contributed by atoms with E-state index in [4.69, 9.17) is 10.8 Å². The van der Waals surface area contributed by atoms with E-state index in [1.165, 1.54) is 0 Å². The molecular weight excluding hydrogens is 376 g/mol. The first-order valence-electron chi connectivity index (χ1n) is 6.00.